The van der Waals surface area contributed by atoms with E-state index >= 15 is 0 Å². The van der Waals surface area contributed by atoms with E-state index in [-0.39, 0.29) is 18.2 Å². The summed E-state index contributed by atoms with van der Waals surface area (Å²) in [5, 5.41) is 9.42. The summed E-state index contributed by atoms with van der Waals surface area (Å²) in [4.78, 5) is 10.5. The first-order chi connectivity index (χ1) is 8.08. The van der Waals surface area contributed by atoms with Crippen molar-refractivity contribution < 1.29 is 9.18 Å². The summed E-state index contributed by atoms with van der Waals surface area (Å²) in [5.74, 6) is -0.432. The minimum atomic E-state index is -0.924. The average Bonchev–Trinajstić information content (AvgIpc) is 2.32. The molecule has 0 fully saturated rings. The third-order valence-corrected chi connectivity index (χ3v) is 3.20. The summed E-state index contributed by atoms with van der Waals surface area (Å²) in [6, 6.07) is 8.50. The van der Waals surface area contributed by atoms with Crippen LogP contribution < -0.4 is 0 Å². The van der Waals surface area contributed by atoms with Gasteiger partial charge in [-0.2, -0.15) is 5.26 Å². The van der Waals surface area contributed by atoms with Crippen LogP contribution in [0, 0.1) is 23.1 Å². The Hall–Kier alpha value is -1.69. The first-order valence-corrected chi connectivity index (χ1v) is 5.68. The molecule has 1 aromatic carbocycles. The first-order valence-electron chi connectivity index (χ1n) is 5.68. The van der Waals surface area contributed by atoms with Crippen molar-refractivity contribution in [1.29, 1.82) is 5.26 Å². The molecule has 0 saturated heterocycles. The van der Waals surface area contributed by atoms with Crippen LogP contribution >= 0.6 is 0 Å². The number of hydrogen-bond donors (Lipinski definition) is 0. The molecule has 0 spiro atoms. The van der Waals surface area contributed by atoms with Gasteiger partial charge in [-0.15, -0.1) is 0 Å². The van der Waals surface area contributed by atoms with Crippen molar-refractivity contribution in [2.24, 2.45) is 5.92 Å². The van der Waals surface area contributed by atoms with Crippen molar-refractivity contribution in [3.63, 3.8) is 0 Å². The second-order valence-electron chi connectivity index (χ2n) is 4.42. The number of carbonyl (C=O) groups is 1. The first kappa shape index (κ1) is 13.4. The normalized spacial score (nSPS) is 14.1. The molecule has 3 heteroatoms. The Balaban J connectivity index is 3.28. The lowest BCUT2D eigenvalue weighted by Crippen LogP contribution is -2.32. The number of rotatable bonds is 5. The molecule has 0 N–H and O–H groups in total. The molecule has 0 aliphatic rings. The smallest absolute Gasteiger partial charge is 0.128 e. The molecule has 2 nitrogen and oxygen atoms in total. The van der Waals surface area contributed by atoms with E-state index in [1.165, 1.54) is 6.07 Å². The van der Waals surface area contributed by atoms with Crippen LogP contribution in [0.1, 0.15) is 32.3 Å². The third-order valence-electron chi connectivity index (χ3n) is 3.20. The maximum atomic E-state index is 13.8. The Morgan fingerprint density at radius 2 is 2.12 bits per heavy atom. The SMILES string of the molecule is CC(C)C(C#N)(CCC=O)c1ccccc1F. The molecule has 0 radical (unpaired) electrons. The largest absolute Gasteiger partial charge is 0.303 e. The standard InChI is InChI=1S/C14H16FNO/c1-11(2)14(10-16,8-5-9-17)12-6-3-4-7-13(12)15/h3-4,6-7,9,11H,5,8H2,1-2H3. The van der Waals surface area contributed by atoms with Gasteiger partial charge in [0.05, 0.1) is 11.5 Å². The quantitative estimate of drug-likeness (QED) is 0.732. The van der Waals surface area contributed by atoms with Crippen molar-refractivity contribution in [3.8, 4) is 6.07 Å². The van der Waals surface area contributed by atoms with Crippen LogP contribution in [0.2, 0.25) is 0 Å². The molecule has 1 aromatic rings. The van der Waals surface area contributed by atoms with Crippen LogP contribution in [0.25, 0.3) is 0 Å². The van der Waals surface area contributed by atoms with Crippen molar-refractivity contribution in [2.75, 3.05) is 0 Å². The fraction of sp³-hybridized carbons (Fsp3) is 0.429. The fourth-order valence-corrected chi connectivity index (χ4v) is 2.09. The zero-order valence-electron chi connectivity index (χ0n) is 10.1. The van der Waals surface area contributed by atoms with Gasteiger partial charge < -0.3 is 4.79 Å². The molecule has 0 saturated carbocycles. The molecule has 17 heavy (non-hydrogen) atoms. The molecule has 1 unspecified atom stereocenters. The molecule has 0 bridgehead atoms. The number of nitrogens with zero attached hydrogens (tertiary/aromatic N) is 1. The van der Waals surface area contributed by atoms with Gasteiger partial charge in [-0.1, -0.05) is 32.0 Å². The van der Waals surface area contributed by atoms with Gasteiger partial charge in [-0.25, -0.2) is 4.39 Å². The van der Waals surface area contributed by atoms with Gasteiger partial charge in [-0.05, 0) is 18.4 Å². The lowest BCUT2D eigenvalue weighted by Gasteiger charge is -2.31. The zero-order chi connectivity index (χ0) is 12.9. The highest BCUT2D eigenvalue weighted by molar-refractivity contribution is 5.50. The van der Waals surface area contributed by atoms with Gasteiger partial charge in [-0.3, -0.25) is 0 Å². The second kappa shape index (κ2) is 5.58. The van der Waals surface area contributed by atoms with Crippen molar-refractivity contribution in [2.45, 2.75) is 32.1 Å². The molecule has 0 heterocycles. The zero-order valence-corrected chi connectivity index (χ0v) is 10.1. The fourth-order valence-electron chi connectivity index (χ4n) is 2.09. The predicted molar refractivity (Wildman–Crippen MR) is 63.8 cm³/mol. The lowest BCUT2D eigenvalue weighted by molar-refractivity contribution is -0.108. The number of nitriles is 1. The number of carbonyl (C=O) groups excluding carboxylic acids is 1. The van der Waals surface area contributed by atoms with E-state index in [0.717, 1.165) is 6.29 Å². The van der Waals surface area contributed by atoms with Crippen LogP contribution in [-0.2, 0) is 10.2 Å². The topological polar surface area (TPSA) is 40.9 Å². The van der Waals surface area contributed by atoms with Crippen LogP contribution in [0.5, 0.6) is 0 Å². The maximum absolute atomic E-state index is 13.8. The number of hydrogen-bond acceptors (Lipinski definition) is 2. The highest BCUT2D eigenvalue weighted by atomic mass is 19.1. The highest BCUT2D eigenvalue weighted by Crippen LogP contribution is 2.37. The second-order valence-corrected chi connectivity index (χ2v) is 4.42. The molecule has 0 aliphatic carbocycles. The number of halogens is 1. The summed E-state index contributed by atoms with van der Waals surface area (Å²) in [6.45, 7) is 3.75. The van der Waals surface area contributed by atoms with E-state index in [9.17, 15) is 14.4 Å². The minimum absolute atomic E-state index is 0.0515. The van der Waals surface area contributed by atoms with Crippen LogP contribution in [0.4, 0.5) is 4.39 Å². The lowest BCUT2D eigenvalue weighted by atomic mass is 9.70. The molecule has 0 amide bonds. The highest BCUT2D eigenvalue weighted by Gasteiger charge is 2.37. The van der Waals surface area contributed by atoms with Crippen LogP contribution in [-0.4, -0.2) is 6.29 Å². The van der Waals surface area contributed by atoms with E-state index < -0.39 is 5.41 Å². The van der Waals surface area contributed by atoms with Gasteiger partial charge in [0.25, 0.3) is 0 Å². The summed E-state index contributed by atoms with van der Waals surface area (Å²) in [5.41, 5.74) is -0.536. The molecular weight excluding hydrogens is 217 g/mol. The minimum Gasteiger partial charge on any atom is -0.303 e. The Morgan fingerprint density at radius 1 is 1.47 bits per heavy atom. The molecule has 90 valence electrons. The summed E-state index contributed by atoms with van der Waals surface area (Å²) < 4.78 is 13.8. The van der Waals surface area contributed by atoms with E-state index in [1.807, 2.05) is 13.8 Å². The summed E-state index contributed by atoms with van der Waals surface area (Å²) >= 11 is 0. The van der Waals surface area contributed by atoms with E-state index in [0.29, 0.717) is 12.0 Å². The molecular formula is C14H16FNO. The van der Waals surface area contributed by atoms with Gasteiger partial charge in [0.15, 0.2) is 0 Å². The van der Waals surface area contributed by atoms with Crippen LogP contribution in [0.3, 0.4) is 0 Å². The van der Waals surface area contributed by atoms with Crippen molar-refractivity contribution in [3.05, 3.63) is 35.6 Å². The summed E-state index contributed by atoms with van der Waals surface area (Å²) in [6.07, 6.45) is 1.39. The van der Waals surface area contributed by atoms with Gasteiger partial charge in [0, 0.05) is 12.0 Å². The van der Waals surface area contributed by atoms with Crippen molar-refractivity contribution in [1.82, 2.24) is 0 Å². The molecule has 0 aliphatic heterocycles. The third kappa shape index (κ3) is 2.52. The Morgan fingerprint density at radius 3 is 2.59 bits per heavy atom. The van der Waals surface area contributed by atoms with Crippen LogP contribution in [0.15, 0.2) is 24.3 Å². The summed E-state index contributed by atoms with van der Waals surface area (Å²) in [7, 11) is 0. The molecule has 1 atom stereocenters. The van der Waals surface area contributed by atoms with Gasteiger partial charge in [0.2, 0.25) is 0 Å². The maximum Gasteiger partial charge on any atom is 0.128 e. The molecule has 0 aromatic heterocycles. The predicted octanol–water partition coefficient (Wildman–Crippen LogP) is 3.22. The number of aldehydes is 1. The Labute approximate surface area is 101 Å². The van der Waals surface area contributed by atoms with E-state index in [1.54, 1.807) is 18.2 Å². The van der Waals surface area contributed by atoms with Gasteiger partial charge in [0.1, 0.15) is 12.1 Å². The van der Waals surface area contributed by atoms with Crippen molar-refractivity contribution >= 4 is 6.29 Å². The molecule has 1 rings (SSSR count). The monoisotopic (exact) mass is 233 g/mol. The Kier molecular flexibility index (Phi) is 4.39. The average molecular weight is 233 g/mol. The Bertz CT molecular complexity index is 436. The van der Waals surface area contributed by atoms with E-state index in [4.69, 9.17) is 0 Å². The van der Waals surface area contributed by atoms with E-state index in [2.05, 4.69) is 6.07 Å². The number of benzene rings is 1. The van der Waals surface area contributed by atoms with Gasteiger partial charge >= 0.3 is 0 Å².